The van der Waals surface area contributed by atoms with Gasteiger partial charge in [-0.1, -0.05) is 18.5 Å². The van der Waals surface area contributed by atoms with Gasteiger partial charge in [-0.05, 0) is 20.4 Å². The molecule has 1 atom stereocenters. The van der Waals surface area contributed by atoms with Gasteiger partial charge >= 0.3 is 5.69 Å². The molecular formula is C12H19ClN6O3. The molecule has 0 saturated heterocycles. The van der Waals surface area contributed by atoms with Gasteiger partial charge in [-0.3, -0.25) is 15.2 Å². The number of rotatable bonds is 7. The van der Waals surface area contributed by atoms with E-state index in [-0.39, 0.29) is 35.7 Å². The van der Waals surface area contributed by atoms with Gasteiger partial charge in [0.2, 0.25) is 5.69 Å². The Morgan fingerprint density at radius 3 is 2.82 bits per heavy atom. The lowest BCUT2D eigenvalue weighted by Gasteiger charge is -2.04. The highest BCUT2D eigenvalue weighted by molar-refractivity contribution is 5.85. The summed E-state index contributed by atoms with van der Waals surface area (Å²) >= 11 is 0. The molecule has 2 aromatic rings. The van der Waals surface area contributed by atoms with Crippen LogP contribution < -0.4 is 5.32 Å². The number of nitro groups is 1. The van der Waals surface area contributed by atoms with Gasteiger partial charge in [-0.25, -0.2) is 0 Å². The lowest BCUT2D eigenvalue weighted by molar-refractivity contribution is -0.384. The highest BCUT2D eigenvalue weighted by atomic mass is 35.5. The number of likely N-dealkylation sites (N-methyl/N-ethyl adjacent to an activating group) is 1. The quantitative estimate of drug-likeness (QED) is 0.587. The number of aryl methyl sites for hydroxylation is 1. The zero-order valence-corrected chi connectivity index (χ0v) is 13.4. The standard InChI is InChI=1S/C12H18N6O3.ClH/c1-4-5-8-11(18(19)20)10(16-15-8)12-14-9(17-21-12)6-7(2)13-3;/h7,13H,4-6H2,1-3H3,(H,15,16);1H. The van der Waals surface area contributed by atoms with Gasteiger partial charge in [0.15, 0.2) is 5.82 Å². The van der Waals surface area contributed by atoms with Crippen LogP contribution in [-0.2, 0) is 12.8 Å². The molecule has 0 bridgehead atoms. The Hall–Kier alpha value is -2.00. The highest BCUT2D eigenvalue weighted by Gasteiger charge is 2.28. The third-order valence-electron chi connectivity index (χ3n) is 3.15. The number of aromatic nitrogens is 4. The average Bonchev–Trinajstić information content (AvgIpc) is 3.05. The molecule has 122 valence electrons. The molecule has 10 heteroatoms. The van der Waals surface area contributed by atoms with Crippen LogP contribution in [0.4, 0.5) is 5.69 Å². The molecule has 0 fully saturated rings. The number of hydrogen-bond donors (Lipinski definition) is 2. The molecule has 2 aromatic heterocycles. The van der Waals surface area contributed by atoms with E-state index in [0.29, 0.717) is 24.4 Å². The first kappa shape index (κ1) is 18.1. The van der Waals surface area contributed by atoms with Crippen LogP contribution in [0.3, 0.4) is 0 Å². The van der Waals surface area contributed by atoms with Gasteiger partial charge in [0, 0.05) is 12.5 Å². The van der Waals surface area contributed by atoms with E-state index >= 15 is 0 Å². The molecule has 0 aliphatic carbocycles. The number of nitrogens with one attached hydrogen (secondary N) is 2. The molecule has 2 heterocycles. The normalized spacial score (nSPS) is 12.0. The SMILES string of the molecule is CCCc1[nH]nc(-c2nc(CC(C)NC)no2)c1[N+](=O)[O-].Cl. The van der Waals surface area contributed by atoms with Crippen molar-refractivity contribution < 1.29 is 9.45 Å². The highest BCUT2D eigenvalue weighted by Crippen LogP contribution is 2.30. The van der Waals surface area contributed by atoms with Crippen molar-refractivity contribution >= 4 is 18.1 Å². The number of H-pyrrole nitrogens is 1. The molecule has 2 rings (SSSR count). The molecule has 1 unspecified atom stereocenters. The Bertz CT molecular complexity index is 626. The Labute approximate surface area is 133 Å². The fourth-order valence-corrected chi connectivity index (χ4v) is 1.95. The van der Waals surface area contributed by atoms with E-state index in [2.05, 4.69) is 25.7 Å². The second-order valence-electron chi connectivity index (χ2n) is 4.82. The van der Waals surface area contributed by atoms with Gasteiger partial charge < -0.3 is 9.84 Å². The molecule has 0 aromatic carbocycles. The van der Waals surface area contributed by atoms with Crippen LogP contribution in [0, 0.1) is 10.1 Å². The monoisotopic (exact) mass is 330 g/mol. The molecule has 9 nitrogen and oxygen atoms in total. The number of nitrogens with zero attached hydrogens (tertiary/aromatic N) is 4. The van der Waals surface area contributed by atoms with E-state index < -0.39 is 4.92 Å². The van der Waals surface area contributed by atoms with Crippen LogP contribution in [-0.4, -0.2) is 38.4 Å². The van der Waals surface area contributed by atoms with Gasteiger partial charge in [0.05, 0.1) is 4.92 Å². The van der Waals surface area contributed by atoms with E-state index in [4.69, 9.17) is 4.52 Å². The van der Waals surface area contributed by atoms with Crippen LogP contribution >= 0.6 is 12.4 Å². The third-order valence-corrected chi connectivity index (χ3v) is 3.15. The lowest BCUT2D eigenvalue weighted by atomic mass is 10.2. The summed E-state index contributed by atoms with van der Waals surface area (Å²) in [5.74, 6) is 0.555. The second kappa shape index (κ2) is 7.85. The number of hydrogen-bond acceptors (Lipinski definition) is 7. The maximum atomic E-state index is 11.2. The van der Waals surface area contributed by atoms with E-state index in [1.54, 1.807) is 0 Å². The van der Waals surface area contributed by atoms with Crippen LogP contribution in [0.15, 0.2) is 4.52 Å². The van der Waals surface area contributed by atoms with Gasteiger partial charge in [-0.2, -0.15) is 10.1 Å². The smallest absolute Gasteiger partial charge is 0.322 e. The van der Waals surface area contributed by atoms with Gasteiger partial charge in [0.25, 0.3) is 5.89 Å². The number of aromatic amines is 1. The molecule has 0 amide bonds. The van der Waals surface area contributed by atoms with Crippen molar-refractivity contribution in [1.29, 1.82) is 0 Å². The van der Waals surface area contributed by atoms with Crippen molar-refractivity contribution in [3.8, 4) is 11.6 Å². The predicted molar refractivity (Wildman–Crippen MR) is 82.0 cm³/mol. The fraction of sp³-hybridized carbons (Fsp3) is 0.583. The first-order valence-corrected chi connectivity index (χ1v) is 6.78. The second-order valence-corrected chi connectivity index (χ2v) is 4.82. The van der Waals surface area contributed by atoms with Crippen LogP contribution in [0.25, 0.3) is 11.6 Å². The minimum Gasteiger partial charge on any atom is -0.332 e. The molecule has 22 heavy (non-hydrogen) atoms. The molecule has 0 spiro atoms. The average molecular weight is 331 g/mol. The summed E-state index contributed by atoms with van der Waals surface area (Å²) in [4.78, 5) is 14.9. The van der Waals surface area contributed by atoms with Crippen LogP contribution in [0.1, 0.15) is 31.8 Å². The third kappa shape index (κ3) is 3.80. The van der Waals surface area contributed by atoms with Crippen molar-refractivity contribution in [2.24, 2.45) is 0 Å². The maximum Gasteiger partial charge on any atom is 0.322 e. The molecular weight excluding hydrogens is 312 g/mol. The summed E-state index contributed by atoms with van der Waals surface area (Å²) in [6.07, 6.45) is 1.89. The van der Waals surface area contributed by atoms with E-state index in [1.165, 1.54) is 0 Å². The number of halogens is 1. The van der Waals surface area contributed by atoms with Crippen molar-refractivity contribution in [2.75, 3.05) is 7.05 Å². The van der Waals surface area contributed by atoms with Gasteiger partial charge in [0.1, 0.15) is 5.69 Å². The summed E-state index contributed by atoms with van der Waals surface area (Å²) in [6, 6.07) is 0.181. The maximum absolute atomic E-state index is 11.2. The summed E-state index contributed by atoms with van der Waals surface area (Å²) < 4.78 is 5.10. The minimum absolute atomic E-state index is 0. The van der Waals surface area contributed by atoms with Crippen LogP contribution in [0.2, 0.25) is 0 Å². The molecule has 0 radical (unpaired) electrons. The Kier molecular flexibility index (Phi) is 6.44. The minimum atomic E-state index is -0.468. The Morgan fingerprint density at radius 2 is 2.23 bits per heavy atom. The first-order valence-electron chi connectivity index (χ1n) is 6.78. The largest absolute Gasteiger partial charge is 0.332 e. The van der Waals surface area contributed by atoms with E-state index in [9.17, 15) is 10.1 Å². The van der Waals surface area contributed by atoms with E-state index in [0.717, 1.165) is 6.42 Å². The van der Waals surface area contributed by atoms with Gasteiger partial charge in [-0.15, -0.1) is 12.4 Å². The Morgan fingerprint density at radius 1 is 1.50 bits per heavy atom. The van der Waals surface area contributed by atoms with Crippen LogP contribution in [0.5, 0.6) is 0 Å². The topological polar surface area (TPSA) is 123 Å². The summed E-state index contributed by atoms with van der Waals surface area (Å²) in [6.45, 7) is 3.92. The molecule has 0 aliphatic heterocycles. The van der Waals surface area contributed by atoms with Crippen molar-refractivity contribution in [1.82, 2.24) is 25.7 Å². The molecule has 0 saturated carbocycles. The lowest BCUT2D eigenvalue weighted by Crippen LogP contribution is -2.24. The zero-order valence-electron chi connectivity index (χ0n) is 12.6. The van der Waals surface area contributed by atoms with Crippen molar-refractivity contribution in [2.45, 2.75) is 39.2 Å². The molecule has 0 aliphatic rings. The van der Waals surface area contributed by atoms with Crippen molar-refractivity contribution in [3.63, 3.8) is 0 Å². The Balaban J connectivity index is 0.00000242. The van der Waals surface area contributed by atoms with E-state index in [1.807, 2.05) is 20.9 Å². The zero-order chi connectivity index (χ0) is 15.4. The molecule has 2 N–H and O–H groups in total. The summed E-state index contributed by atoms with van der Waals surface area (Å²) in [7, 11) is 1.83. The van der Waals surface area contributed by atoms with Crippen molar-refractivity contribution in [3.05, 3.63) is 21.6 Å². The summed E-state index contributed by atoms with van der Waals surface area (Å²) in [5, 5.41) is 24.8. The fourth-order valence-electron chi connectivity index (χ4n) is 1.95. The summed E-state index contributed by atoms with van der Waals surface area (Å²) in [5.41, 5.74) is 0.480. The first-order chi connectivity index (χ1) is 10.1. The predicted octanol–water partition coefficient (Wildman–Crippen LogP) is 1.89.